The van der Waals surface area contributed by atoms with E-state index >= 15 is 0 Å². The van der Waals surface area contributed by atoms with Gasteiger partial charge in [0, 0.05) is 18.8 Å². The molecule has 0 saturated carbocycles. The van der Waals surface area contributed by atoms with Crippen molar-refractivity contribution in [2.24, 2.45) is 10.7 Å². The highest BCUT2D eigenvalue weighted by atomic mass is 127. The number of rotatable bonds is 7. The Morgan fingerprint density at radius 2 is 1.88 bits per heavy atom. The maximum atomic E-state index is 11.7. The summed E-state index contributed by atoms with van der Waals surface area (Å²) in [6.45, 7) is 9.11. The normalized spacial score (nSPS) is 11.4. The van der Waals surface area contributed by atoms with Crippen LogP contribution in [0, 0.1) is 0 Å². The summed E-state index contributed by atoms with van der Waals surface area (Å²) in [5, 5.41) is 5.81. The predicted molar refractivity (Wildman–Crippen MR) is 115 cm³/mol. The van der Waals surface area contributed by atoms with Crippen LogP contribution in [0.15, 0.2) is 29.3 Å². The molecule has 0 aromatic heterocycles. The summed E-state index contributed by atoms with van der Waals surface area (Å²) in [5.41, 5.74) is 7.14. The maximum absolute atomic E-state index is 11.7. The average molecular weight is 462 g/mol. The number of amides is 1. The molecule has 0 aliphatic rings. The summed E-state index contributed by atoms with van der Waals surface area (Å²) < 4.78 is 5.22. The smallest absolute Gasteiger partial charge is 0.412 e. The lowest BCUT2D eigenvalue weighted by Crippen LogP contribution is -2.33. The Labute approximate surface area is 168 Å². The predicted octanol–water partition coefficient (Wildman–Crippen LogP) is 3.90. The molecule has 4 N–H and O–H groups in total. The second kappa shape index (κ2) is 11.9. The molecule has 7 heteroatoms. The van der Waals surface area contributed by atoms with Crippen LogP contribution in [0.1, 0.15) is 46.1 Å². The number of carbonyl (C=O) groups is 1. The van der Waals surface area contributed by atoms with E-state index in [1.165, 1.54) is 0 Å². The van der Waals surface area contributed by atoms with E-state index < -0.39 is 11.7 Å². The van der Waals surface area contributed by atoms with Crippen molar-refractivity contribution in [1.82, 2.24) is 5.32 Å². The highest BCUT2D eigenvalue weighted by molar-refractivity contribution is 14.0. The molecule has 0 spiro atoms. The number of nitrogens with two attached hydrogens (primary N) is 1. The van der Waals surface area contributed by atoms with Gasteiger partial charge in [-0.1, -0.05) is 25.5 Å². The molecule has 0 bridgehead atoms. The van der Waals surface area contributed by atoms with Gasteiger partial charge in [0.15, 0.2) is 5.96 Å². The largest absolute Gasteiger partial charge is 0.444 e. The van der Waals surface area contributed by atoms with Gasteiger partial charge in [0.25, 0.3) is 0 Å². The zero-order chi connectivity index (χ0) is 18.0. The number of unbranched alkanes of at least 4 members (excludes halogenated alkanes) is 1. The van der Waals surface area contributed by atoms with E-state index in [-0.39, 0.29) is 24.0 Å². The van der Waals surface area contributed by atoms with Crippen LogP contribution < -0.4 is 16.4 Å². The zero-order valence-corrected chi connectivity index (χ0v) is 17.9. The molecule has 0 heterocycles. The van der Waals surface area contributed by atoms with Gasteiger partial charge in [-0.05, 0) is 51.3 Å². The highest BCUT2D eigenvalue weighted by Crippen LogP contribution is 2.13. The van der Waals surface area contributed by atoms with Crippen LogP contribution in [-0.4, -0.2) is 30.7 Å². The van der Waals surface area contributed by atoms with Crippen LogP contribution in [0.4, 0.5) is 10.5 Å². The van der Waals surface area contributed by atoms with Gasteiger partial charge in [0.1, 0.15) is 5.60 Å². The number of nitrogens with zero attached hydrogens (tertiary/aromatic N) is 1. The molecule has 0 aliphatic heterocycles. The number of halogens is 1. The molecule has 6 nitrogen and oxygen atoms in total. The molecule has 1 aromatic carbocycles. The van der Waals surface area contributed by atoms with Crippen molar-refractivity contribution in [1.29, 1.82) is 0 Å². The summed E-state index contributed by atoms with van der Waals surface area (Å²) in [6, 6.07) is 7.66. The fourth-order valence-corrected chi connectivity index (χ4v) is 1.92. The van der Waals surface area contributed by atoms with E-state index in [2.05, 4.69) is 22.5 Å². The van der Waals surface area contributed by atoms with E-state index in [0.717, 1.165) is 37.9 Å². The first-order valence-electron chi connectivity index (χ1n) is 8.43. The van der Waals surface area contributed by atoms with Crippen LogP contribution in [0.2, 0.25) is 0 Å². The number of anilines is 1. The molecule has 1 rings (SSSR count). The molecule has 1 aromatic rings. The third kappa shape index (κ3) is 11.6. The summed E-state index contributed by atoms with van der Waals surface area (Å²) >= 11 is 0. The van der Waals surface area contributed by atoms with Gasteiger partial charge in [0.05, 0.1) is 0 Å². The minimum atomic E-state index is -0.506. The molecule has 0 atom stereocenters. The third-order valence-electron chi connectivity index (χ3n) is 3.11. The van der Waals surface area contributed by atoms with Crippen LogP contribution in [-0.2, 0) is 11.2 Å². The minimum Gasteiger partial charge on any atom is -0.444 e. The Morgan fingerprint density at radius 3 is 2.44 bits per heavy atom. The molecular formula is C18H31IN4O2. The fourth-order valence-electron chi connectivity index (χ4n) is 1.92. The topological polar surface area (TPSA) is 88.7 Å². The summed E-state index contributed by atoms with van der Waals surface area (Å²) in [6.07, 6.45) is 2.54. The number of aliphatic imine (C=N–C) groups is 1. The number of ether oxygens (including phenoxy) is 1. The van der Waals surface area contributed by atoms with E-state index in [1.54, 1.807) is 0 Å². The van der Waals surface area contributed by atoms with Gasteiger partial charge in [-0.3, -0.25) is 10.3 Å². The first-order valence-corrected chi connectivity index (χ1v) is 8.43. The molecule has 142 valence electrons. The van der Waals surface area contributed by atoms with Crippen LogP contribution in [0.3, 0.4) is 0 Å². The highest BCUT2D eigenvalue weighted by Gasteiger charge is 2.15. The molecular weight excluding hydrogens is 431 g/mol. The molecule has 0 radical (unpaired) electrons. The monoisotopic (exact) mass is 462 g/mol. The number of guanidine groups is 1. The summed E-state index contributed by atoms with van der Waals surface area (Å²) in [5.74, 6) is 0.492. The first kappa shape index (κ1) is 23.5. The number of hydrogen-bond donors (Lipinski definition) is 3. The van der Waals surface area contributed by atoms with Crippen molar-refractivity contribution < 1.29 is 9.53 Å². The Morgan fingerprint density at radius 1 is 1.24 bits per heavy atom. The Balaban J connectivity index is 0.00000576. The molecule has 1 amide bonds. The van der Waals surface area contributed by atoms with Gasteiger partial charge in [0.2, 0.25) is 0 Å². The third-order valence-corrected chi connectivity index (χ3v) is 3.11. The lowest BCUT2D eigenvalue weighted by molar-refractivity contribution is 0.0636. The van der Waals surface area contributed by atoms with E-state index in [9.17, 15) is 4.79 Å². The summed E-state index contributed by atoms with van der Waals surface area (Å²) in [7, 11) is 0. The minimum absolute atomic E-state index is 0. The van der Waals surface area contributed by atoms with E-state index in [0.29, 0.717) is 11.6 Å². The average Bonchev–Trinajstić information content (AvgIpc) is 2.47. The van der Waals surface area contributed by atoms with Gasteiger partial charge in [-0.25, -0.2) is 4.79 Å². The van der Waals surface area contributed by atoms with Gasteiger partial charge in [-0.2, -0.15) is 0 Å². The van der Waals surface area contributed by atoms with Gasteiger partial charge < -0.3 is 15.8 Å². The van der Waals surface area contributed by atoms with Crippen molar-refractivity contribution >= 4 is 41.7 Å². The van der Waals surface area contributed by atoms with Crippen molar-refractivity contribution in [2.45, 2.75) is 52.6 Å². The zero-order valence-electron chi connectivity index (χ0n) is 15.6. The molecule has 0 saturated heterocycles. The fraction of sp³-hybridized carbons (Fsp3) is 0.556. The molecule has 0 unspecified atom stereocenters. The van der Waals surface area contributed by atoms with Crippen molar-refractivity contribution in [3.63, 3.8) is 0 Å². The molecule has 0 fully saturated rings. The van der Waals surface area contributed by atoms with Crippen molar-refractivity contribution in [3.8, 4) is 0 Å². The second-order valence-electron chi connectivity index (χ2n) is 6.62. The maximum Gasteiger partial charge on any atom is 0.412 e. The summed E-state index contributed by atoms with van der Waals surface area (Å²) in [4.78, 5) is 15.9. The quantitative estimate of drug-likeness (QED) is 0.248. The van der Waals surface area contributed by atoms with E-state index in [1.807, 2.05) is 45.0 Å². The van der Waals surface area contributed by atoms with Crippen LogP contribution in [0.5, 0.6) is 0 Å². The molecule has 25 heavy (non-hydrogen) atoms. The van der Waals surface area contributed by atoms with E-state index in [4.69, 9.17) is 10.5 Å². The van der Waals surface area contributed by atoms with Crippen molar-refractivity contribution in [2.75, 3.05) is 18.4 Å². The molecule has 0 aliphatic carbocycles. The van der Waals surface area contributed by atoms with Crippen LogP contribution >= 0.6 is 24.0 Å². The standard InChI is InChI=1S/C18H30N4O2.HI/c1-5-6-12-20-16(19)21-13-11-14-7-9-15(10-8-14)22-17(23)24-18(2,3)4;/h7-10H,5-6,11-13H2,1-4H3,(H,22,23)(H3,19,20,21);1H. The van der Waals surface area contributed by atoms with Gasteiger partial charge >= 0.3 is 6.09 Å². The Kier molecular flexibility index (Phi) is 11.2. The lowest BCUT2D eigenvalue weighted by atomic mass is 10.1. The SMILES string of the molecule is CCCCN=C(N)NCCc1ccc(NC(=O)OC(C)(C)C)cc1.I. The lowest BCUT2D eigenvalue weighted by Gasteiger charge is -2.19. The second-order valence-corrected chi connectivity index (χ2v) is 6.62. The Hall–Kier alpha value is -1.51. The van der Waals surface area contributed by atoms with Gasteiger partial charge in [-0.15, -0.1) is 24.0 Å². The number of nitrogens with one attached hydrogen (secondary N) is 2. The first-order chi connectivity index (χ1) is 11.3. The Bertz CT molecular complexity index is 539. The number of carbonyl (C=O) groups excluding carboxylic acids is 1. The number of benzene rings is 1. The van der Waals surface area contributed by atoms with Crippen molar-refractivity contribution in [3.05, 3.63) is 29.8 Å². The van der Waals surface area contributed by atoms with Crippen LogP contribution in [0.25, 0.3) is 0 Å². The number of hydrogen-bond acceptors (Lipinski definition) is 3.